The lowest BCUT2D eigenvalue weighted by atomic mass is 10.2. The molecule has 2 rings (SSSR count). The summed E-state index contributed by atoms with van der Waals surface area (Å²) in [6, 6.07) is 2.91. The Morgan fingerprint density at radius 1 is 1.40 bits per heavy atom. The first kappa shape index (κ1) is 18.8. The second-order valence-corrected chi connectivity index (χ2v) is 6.47. The quantitative estimate of drug-likeness (QED) is 0.292. The molecular weight excluding hydrogens is 340 g/mol. The van der Waals surface area contributed by atoms with Crippen molar-refractivity contribution in [2.45, 2.75) is 39.2 Å². The lowest BCUT2D eigenvalue weighted by Gasteiger charge is -1.99. The number of nitrogens with one attached hydrogen (secondary N) is 2. The number of primary amides is 1. The first-order chi connectivity index (χ1) is 12.1. The predicted octanol–water partition coefficient (Wildman–Crippen LogP) is 2.98. The van der Waals surface area contributed by atoms with Crippen molar-refractivity contribution in [2.75, 3.05) is 12.3 Å². The summed E-state index contributed by atoms with van der Waals surface area (Å²) in [5, 5.41) is 6.73. The maximum Gasteiger partial charge on any atom is 0.312 e. The number of amides is 2. The molecule has 0 unspecified atom stereocenters. The second-order valence-electron chi connectivity index (χ2n) is 5.46. The summed E-state index contributed by atoms with van der Waals surface area (Å²) < 4.78 is 5.67. The van der Waals surface area contributed by atoms with Crippen molar-refractivity contribution in [1.29, 1.82) is 0 Å². The molecule has 0 aliphatic rings. The number of nitrogens with two attached hydrogens (primary N) is 2. The number of aromatic nitrogens is 1. The molecule has 0 saturated heterocycles. The van der Waals surface area contributed by atoms with Gasteiger partial charge >= 0.3 is 6.03 Å². The van der Waals surface area contributed by atoms with Gasteiger partial charge in [-0.2, -0.15) is 0 Å². The fraction of sp³-hybridized carbons (Fsp3) is 0.438. The van der Waals surface area contributed by atoms with E-state index in [1.165, 1.54) is 30.6 Å². The molecule has 2 aromatic rings. The van der Waals surface area contributed by atoms with Gasteiger partial charge in [-0.1, -0.05) is 37.5 Å². The number of hydrogen-bond acceptors (Lipinski definition) is 6. The second kappa shape index (κ2) is 9.67. The van der Waals surface area contributed by atoms with Crippen molar-refractivity contribution < 1.29 is 9.21 Å². The van der Waals surface area contributed by atoms with Crippen molar-refractivity contribution >= 4 is 33.8 Å². The van der Waals surface area contributed by atoms with E-state index >= 15 is 0 Å². The minimum atomic E-state index is -0.605. The van der Waals surface area contributed by atoms with Crippen molar-refractivity contribution in [1.82, 2.24) is 15.6 Å². The van der Waals surface area contributed by atoms with Gasteiger partial charge in [0, 0.05) is 6.54 Å². The lowest BCUT2D eigenvalue weighted by Crippen LogP contribution is -2.28. The van der Waals surface area contributed by atoms with E-state index in [-0.39, 0.29) is 6.54 Å². The number of anilines is 1. The normalized spacial score (nSPS) is 11.1. The van der Waals surface area contributed by atoms with Gasteiger partial charge in [0.05, 0.1) is 12.9 Å². The molecule has 2 heterocycles. The van der Waals surface area contributed by atoms with Crippen LogP contribution in [0.25, 0.3) is 11.5 Å². The van der Waals surface area contributed by atoms with Crippen LogP contribution in [0.4, 0.5) is 14.9 Å². The summed E-state index contributed by atoms with van der Waals surface area (Å²) in [7, 11) is 0. The zero-order valence-corrected chi connectivity index (χ0v) is 15.1. The zero-order chi connectivity index (χ0) is 18.1. The number of unbranched alkanes of at least 4 members (excludes halogenated alkanes) is 3. The molecule has 25 heavy (non-hydrogen) atoms. The number of furan rings is 1. The van der Waals surface area contributed by atoms with E-state index in [1.54, 1.807) is 18.5 Å². The molecule has 0 aliphatic carbocycles. The van der Waals surface area contributed by atoms with Crippen LogP contribution in [0.1, 0.15) is 38.4 Å². The fourth-order valence-electron chi connectivity index (χ4n) is 2.17. The van der Waals surface area contributed by atoms with Gasteiger partial charge in [-0.3, -0.25) is 0 Å². The molecule has 6 N–H and O–H groups in total. The van der Waals surface area contributed by atoms with Gasteiger partial charge in [-0.15, -0.1) is 0 Å². The Morgan fingerprint density at radius 2 is 2.24 bits per heavy atom. The number of urea groups is 1. The number of aliphatic imine (C=N–C) groups is 1. The highest BCUT2D eigenvalue weighted by molar-refractivity contribution is 7.19. The van der Waals surface area contributed by atoms with E-state index in [0.29, 0.717) is 27.3 Å². The third-order valence-corrected chi connectivity index (χ3v) is 4.20. The number of nitrogens with zero attached hydrogens (tertiary/aromatic N) is 2. The number of nitrogen functional groups attached to an aromatic ring is 1. The van der Waals surface area contributed by atoms with Crippen LogP contribution in [-0.4, -0.2) is 23.9 Å². The van der Waals surface area contributed by atoms with Crippen molar-refractivity contribution in [3.05, 3.63) is 17.9 Å². The highest BCUT2D eigenvalue weighted by Gasteiger charge is 2.15. The minimum Gasteiger partial charge on any atom is -0.457 e. The molecule has 0 fully saturated rings. The Kier molecular flexibility index (Phi) is 7.27. The molecule has 0 radical (unpaired) electrons. The summed E-state index contributed by atoms with van der Waals surface area (Å²) >= 11 is 1.29. The Labute approximate surface area is 150 Å². The molecule has 0 bridgehead atoms. The molecular formula is C16H24N6O2S. The summed E-state index contributed by atoms with van der Waals surface area (Å²) in [4.78, 5) is 19.4. The molecule has 0 saturated carbocycles. The van der Waals surface area contributed by atoms with E-state index in [9.17, 15) is 4.79 Å². The SMILES string of the molecule is CCCCCCNC=Nc1sc(N)nc1-c1ccc(CNC(N)=O)o1. The molecule has 0 aliphatic heterocycles. The Morgan fingerprint density at radius 3 is 3.00 bits per heavy atom. The first-order valence-electron chi connectivity index (χ1n) is 8.24. The van der Waals surface area contributed by atoms with E-state index in [2.05, 4.69) is 27.5 Å². The van der Waals surface area contributed by atoms with E-state index in [4.69, 9.17) is 15.9 Å². The van der Waals surface area contributed by atoms with Gasteiger partial charge in [-0.05, 0) is 18.6 Å². The Bertz CT molecular complexity index is 709. The molecule has 9 heteroatoms. The van der Waals surface area contributed by atoms with Crippen LogP contribution in [-0.2, 0) is 6.54 Å². The number of rotatable bonds is 10. The number of hydrogen-bond donors (Lipinski definition) is 4. The summed E-state index contributed by atoms with van der Waals surface area (Å²) in [6.45, 7) is 3.29. The maximum atomic E-state index is 10.8. The molecule has 8 nitrogen and oxygen atoms in total. The standard InChI is InChI=1S/C16H24N6O2S/c1-2-3-4-5-8-19-10-21-14-13(22-16(18)25-14)12-7-6-11(24-12)9-20-15(17)23/h6-7,10H,2-5,8-9H2,1H3,(H2,18,22)(H,19,21)(H3,17,20,23). The lowest BCUT2D eigenvalue weighted by molar-refractivity contribution is 0.247. The number of carbonyl (C=O) groups is 1. The summed E-state index contributed by atoms with van der Waals surface area (Å²) in [6.07, 6.45) is 6.47. The Balaban J connectivity index is 1.96. The summed E-state index contributed by atoms with van der Waals surface area (Å²) in [5.41, 5.74) is 11.4. The molecule has 0 atom stereocenters. The molecule has 0 aromatic carbocycles. The van der Waals surface area contributed by atoms with E-state index in [1.807, 2.05) is 0 Å². The first-order valence-corrected chi connectivity index (χ1v) is 9.06. The van der Waals surface area contributed by atoms with Gasteiger partial charge in [0.2, 0.25) is 0 Å². The van der Waals surface area contributed by atoms with Crippen molar-refractivity contribution in [3.63, 3.8) is 0 Å². The van der Waals surface area contributed by atoms with Crippen LogP contribution < -0.4 is 22.1 Å². The molecule has 2 aromatic heterocycles. The fourth-order valence-corrected chi connectivity index (χ4v) is 2.86. The monoisotopic (exact) mass is 364 g/mol. The zero-order valence-electron chi connectivity index (χ0n) is 14.2. The van der Waals surface area contributed by atoms with Gasteiger partial charge in [-0.25, -0.2) is 14.8 Å². The molecule has 2 amide bonds. The number of thiazole rings is 1. The van der Waals surface area contributed by atoms with Gasteiger partial charge < -0.3 is 26.5 Å². The van der Waals surface area contributed by atoms with E-state index in [0.717, 1.165) is 13.0 Å². The van der Waals surface area contributed by atoms with Gasteiger partial charge in [0.25, 0.3) is 0 Å². The molecule has 136 valence electrons. The van der Waals surface area contributed by atoms with Crippen molar-refractivity contribution in [3.8, 4) is 11.5 Å². The van der Waals surface area contributed by atoms with Crippen LogP contribution in [0.15, 0.2) is 21.5 Å². The third-order valence-electron chi connectivity index (χ3n) is 3.41. The van der Waals surface area contributed by atoms with Gasteiger partial charge in [0.15, 0.2) is 15.9 Å². The van der Waals surface area contributed by atoms with Crippen LogP contribution in [0.5, 0.6) is 0 Å². The number of carbonyl (C=O) groups excluding carboxylic acids is 1. The highest BCUT2D eigenvalue weighted by atomic mass is 32.1. The Hall–Kier alpha value is -2.55. The summed E-state index contributed by atoms with van der Waals surface area (Å²) in [5.74, 6) is 1.12. The largest absolute Gasteiger partial charge is 0.457 e. The van der Waals surface area contributed by atoms with Crippen molar-refractivity contribution in [2.24, 2.45) is 10.7 Å². The topological polar surface area (TPSA) is 132 Å². The van der Waals surface area contributed by atoms with Crippen LogP contribution in [0.3, 0.4) is 0 Å². The smallest absolute Gasteiger partial charge is 0.312 e. The van der Waals surface area contributed by atoms with Crippen LogP contribution in [0.2, 0.25) is 0 Å². The van der Waals surface area contributed by atoms with Crippen LogP contribution >= 0.6 is 11.3 Å². The third kappa shape index (κ3) is 6.11. The molecule has 0 spiro atoms. The highest BCUT2D eigenvalue weighted by Crippen LogP contribution is 2.37. The average molecular weight is 364 g/mol. The minimum absolute atomic E-state index is 0.215. The van der Waals surface area contributed by atoms with E-state index < -0.39 is 6.03 Å². The van der Waals surface area contributed by atoms with Crippen LogP contribution in [0, 0.1) is 0 Å². The maximum absolute atomic E-state index is 10.8. The van der Waals surface area contributed by atoms with Gasteiger partial charge in [0.1, 0.15) is 11.5 Å². The predicted molar refractivity (Wildman–Crippen MR) is 101 cm³/mol. The average Bonchev–Trinajstić information content (AvgIpc) is 3.18.